The van der Waals surface area contributed by atoms with Crippen LogP contribution in [0, 0.1) is 5.92 Å². The van der Waals surface area contributed by atoms with Crippen LogP contribution in [0.4, 0.5) is 0 Å². The molecular weight excluding hydrogens is 196 g/mol. The summed E-state index contributed by atoms with van der Waals surface area (Å²) in [4.78, 5) is 18.3. The third kappa shape index (κ3) is 8.54. The Morgan fingerprint density at radius 1 is 1.33 bits per heavy atom. The van der Waals surface area contributed by atoms with Crippen molar-refractivity contribution in [2.45, 2.75) is 13.8 Å². The Hall–Kier alpha value is -1.79. The molecule has 0 bridgehead atoms. The molecule has 0 aliphatic carbocycles. The molecule has 7 N–H and O–H groups in total. The highest BCUT2D eigenvalue weighted by Gasteiger charge is 2.00. The van der Waals surface area contributed by atoms with Crippen molar-refractivity contribution in [3.8, 4) is 0 Å². The second-order valence-corrected chi connectivity index (χ2v) is 3.41. The maximum atomic E-state index is 11.2. The molecule has 0 radical (unpaired) electrons. The zero-order chi connectivity index (χ0) is 11.8. The molecule has 0 aromatic carbocycles. The molecular formula is C8H18N6O. The molecule has 0 heterocycles. The van der Waals surface area contributed by atoms with Gasteiger partial charge in [-0.1, -0.05) is 13.8 Å². The molecule has 7 nitrogen and oxygen atoms in total. The van der Waals surface area contributed by atoms with Crippen molar-refractivity contribution >= 4 is 17.8 Å². The minimum absolute atomic E-state index is 0.0741. The summed E-state index contributed by atoms with van der Waals surface area (Å²) in [5.41, 5.74) is 15.4. The summed E-state index contributed by atoms with van der Waals surface area (Å²) in [6, 6.07) is 0. The van der Waals surface area contributed by atoms with Crippen LogP contribution in [0.1, 0.15) is 13.8 Å². The van der Waals surface area contributed by atoms with Crippen LogP contribution in [0.15, 0.2) is 9.98 Å². The number of aliphatic imine (C=N–C) groups is 2. The predicted molar refractivity (Wildman–Crippen MR) is 60.1 cm³/mol. The molecule has 1 amide bonds. The third-order valence-corrected chi connectivity index (χ3v) is 1.34. The molecule has 0 fully saturated rings. The number of nitrogens with one attached hydrogen (secondary N) is 1. The number of nitrogens with two attached hydrogens (primary N) is 3. The largest absolute Gasteiger partial charge is 0.370 e. The molecule has 0 aromatic rings. The van der Waals surface area contributed by atoms with Crippen LogP contribution >= 0.6 is 0 Å². The highest BCUT2D eigenvalue weighted by molar-refractivity contribution is 5.93. The average molecular weight is 214 g/mol. The van der Waals surface area contributed by atoms with E-state index in [1.54, 1.807) is 0 Å². The van der Waals surface area contributed by atoms with E-state index >= 15 is 0 Å². The second kappa shape index (κ2) is 6.63. The number of amides is 1. The first-order chi connectivity index (χ1) is 6.91. The summed E-state index contributed by atoms with van der Waals surface area (Å²) < 4.78 is 0. The lowest BCUT2D eigenvalue weighted by Crippen LogP contribution is -2.30. The Morgan fingerprint density at radius 3 is 2.40 bits per heavy atom. The molecule has 7 heteroatoms. The highest BCUT2D eigenvalue weighted by Crippen LogP contribution is 1.86. The quantitative estimate of drug-likeness (QED) is 0.329. The summed E-state index contributed by atoms with van der Waals surface area (Å²) >= 11 is 0. The Labute approximate surface area is 88.8 Å². The van der Waals surface area contributed by atoms with E-state index in [1.807, 2.05) is 13.8 Å². The molecule has 86 valence electrons. The first kappa shape index (κ1) is 13.2. The number of guanidine groups is 2. The zero-order valence-electron chi connectivity index (χ0n) is 9.03. The van der Waals surface area contributed by atoms with E-state index in [4.69, 9.17) is 17.2 Å². The van der Waals surface area contributed by atoms with Gasteiger partial charge in [0.2, 0.25) is 11.9 Å². The third-order valence-electron chi connectivity index (χ3n) is 1.34. The average Bonchev–Trinajstić information content (AvgIpc) is 2.10. The Balaban J connectivity index is 3.93. The molecule has 0 unspecified atom stereocenters. The van der Waals surface area contributed by atoms with Gasteiger partial charge in [0.05, 0.1) is 0 Å². The molecule has 0 aromatic heterocycles. The van der Waals surface area contributed by atoms with Crippen LogP contribution in [0.25, 0.3) is 0 Å². The van der Waals surface area contributed by atoms with Gasteiger partial charge in [-0.05, 0) is 5.92 Å². The summed E-state index contributed by atoms with van der Waals surface area (Å²) in [5, 5.41) is 2.68. The monoisotopic (exact) mass is 214 g/mol. The van der Waals surface area contributed by atoms with E-state index in [1.165, 1.54) is 0 Å². The van der Waals surface area contributed by atoms with Crippen molar-refractivity contribution in [3.63, 3.8) is 0 Å². The summed E-state index contributed by atoms with van der Waals surface area (Å²) in [6.45, 7) is 4.53. The van der Waals surface area contributed by atoms with E-state index in [2.05, 4.69) is 15.3 Å². The number of rotatable bonds is 4. The molecule has 0 spiro atoms. The fraction of sp³-hybridized carbons (Fsp3) is 0.625. The number of carbonyl (C=O) groups is 1. The minimum Gasteiger partial charge on any atom is -0.370 e. The van der Waals surface area contributed by atoms with Crippen molar-refractivity contribution < 1.29 is 4.79 Å². The second-order valence-electron chi connectivity index (χ2n) is 3.41. The van der Waals surface area contributed by atoms with Crippen molar-refractivity contribution in [3.05, 3.63) is 0 Å². The predicted octanol–water partition coefficient (Wildman–Crippen LogP) is -1.65. The SMILES string of the molecule is CC(C)CNC(=O)CN=C(N)N=C(N)N. The van der Waals surface area contributed by atoms with Crippen LogP contribution in [-0.2, 0) is 4.79 Å². The topological polar surface area (TPSA) is 132 Å². The first-order valence-electron chi connectivity index (χ1n) is 4.58. The maximum absolute atomic E-state index is 11.2. The highest BCUT2D eigenvalue weighted by atomic mass is 16.1. The number of hydrogen-bond donors (Lipinski definition) is 4. The van der Waals surface area contributed by atoms with Gasteiger partial charge in [-0.2, -0.15) is 4.99 Å². The van der Waals surface area contributed by atoms with Gasteiger partial charge in [-0.3, -0.25) is 4.79 Å². The zero-order valence-corrected chi connectivity index (χ0v) is 9.03. The van der Waals surface area contributed by atoms with Crippen molar-refractivity contribution in [2.24, 2.45) is 33.1 Å². The Morgan fingerprint density at radius 2 is 1.93 bits per heavy atom. The lowest BCUT2D eigenvalue weighted by molar-refractivity contribution is -0.119. The Bertz CT molecular complexity index is 266. The molecule has 15 heavy (non-hydrogen) atoms. The lowest BCUT2D eigenvalue weighted by Gasteiger charge is -2.05. The van der Waals surface area contributed by atoms with E-state index in [0.717, 1.165) is 0 Å². The molecule has 0 saturated heterocycles. The van der Waals surface area contributed by atoms with E-state index in [0.29, 0.717) is 12.5 Å². The van der Waals surface area contributed by atoms with E-state index in [9.17, 15) is 4.79 Å². The normalized spacial score (nSPS) is 11.3. The standard InChI is InChI=1S/C8H18N6O/c1-5(2)3-12-6(15)4-13-8(11)14-7(9)10/h5H,3-4H2,1-2H3,(H,12,15)(H6,9,10,11,13,14). The number of carbonyl (C=O) groups excluding carboxylic acids is 1. The van der Waals surface area contributed by atoms with Crippen molar-refractivity contribution in [2.75, 3.05) is 13.1 Å². The van der Waals surface area contributed by atoms with Crippen LogP contribution in [-0.4, -0.2) is 30.9 Å². The number of hydrogen-bond acceptors (Lipinski definition) is 2. The summed E-state index contributed by atoms with van der Waals surface area (Å²) in [7, 11) is 0. The molecule has 0 aliphatic heterocycles. The molecule has 0 rings (SSSR count). The number of nitrogens with zero attached hydrogens (tertiary/aromatic N) is 2. The van der Waals surface area contributed by atoms with Gasteiger partial charge < -0.3 is 22.5 Å². The van der Waals surface area contributed by atoms with Gasteiger partial charge in [-0.15, -0.1) is 0 Å². The van der Waals surface area contributed by atoms with Crippen LogP contribution in [0.5, 0.6) is 0 Å². The van der Waals surface area contributed by atoms with Gasteiger partial charge in [-0.25, -0.2) is 4.99 Å². The van der Waals surface area contributed by atoms with Crippen LogP contribution in [0.2, 0.25) is 0 Å². The summed E-state index contributed by atoms with van der Waals surface area (Å²) in [6.07, 6.45) is 0. The van der Waals surface area contributed by atoms with Gasteiger partial charge in [0.25, 0.3) is 0 Å². The van der Waals surface area contributed by atoms with Crippen LogP contribution < -0.4 is 22.5 Å². The van der Waals surface area contributed by atoms with E-state index < -0.39 is 0 Å². The lowest BCUT2D eigenvalue weighted by atomic mass is 10.2. The summed E-state index contributed by atoms with van der Waals surface area (Å²) in [5.74, 6) is -0.0982. The Kier molecular flexibility index (Phi) is 5.84. The van der Waals surface area contributed by atoms with Crippen molar-refractivity contribution in [1.82, 2.24) is 5.32 Å². The van der Waals surface area contributed by atoms with Gasteiger partial charge in [0, 0.05) is 6.54 Å². The molecule has 0 aliphatic rings. The van der Waals surface area contributed by atoms with Gasteiger partial charge in [0.1, 0.15) is 6.54 Å². The molecule has 0 atom stereocenters. The fourth-order valence-electron chi connectivity index (χ4n) is 0.694. The van der Waals surface area contributed by atoms with Crippen LogP contribution in [0.3, 0.4) is 0 Å². The molecule has 0 saturated carbocycles. The maximum Gasteiger partial charge on any atom is 0.241 e. The minimum atomic E-state index is -0.211. The fourth-order valence-corrected chi connectivity index (χ4v) is 0.694. The first-order valence-corrected chi connectivity index (χ1v) is 4.58. The van der Waals surface area contributed by atoms with Gasteiger partial charge in [0.15, 0.2) is 5.96 Å². The van der Waals surface area contributed by atoms with Gasteiger partial charge >= 0.3 is 0 Å². The van der Waals surface area contributed by atoms with E-state index in [-0.39, 0.29) is 24.4 Å². The smallest absolute Gasteiger partial charge is 0.241 e. The van der Waals surface area contributed by atoms with Crippen molar-refractivity contribution in [1.29, 1.82) is 0 Å².